The minimum atomic E-state index is -0.427. The van der Waals surface area contributed by atoms with E-state index >= 15 is 0 Å². The van der Waals surface area contributed by atoms with E-state index in [0.29, 0.717) is 50.4 Å². The van der Waals surface area contributed by atoms with Gasteiger partial charge in [-0.3, -0.25) is 14.5 Å². The van der Waals surface area contributed by atoms with Gasteiger partial charge in [-0.15, -0.1) is 0 Å². The van der Waals surface area contributed by atoms with Crippen molar-refractivity contribution < 1.29 is 23.9 Å². The highest BCUT2D eigenvalue weighted by atomic mass is 16.5. The Kier molecular flexibility index (Phi) is 5.89. The summed E-state index contributed by atoms with van der Waals surface area (Å²) in [5, 5.41) is 0. The lowest BCUT2D eigenvalue weighted by molar-refractivity contribution is -0.133. The van der Waals surface area contributed by atoms with Gasteiger partial charge in [-0.25, -0.2) is 4.79 Å². The molecule has 0 radical (unpaired) electrons. The third kappa shape index (κ3) is 3.87. The first-order chi connectivity index (χ1) is 16.5. The number of ether oxygens (including phenoxy) is 2. The standard InChI is InChI=1S/C26H29N3O5/c1-33-22-13-18-9-11-27(15-20(18)14-23(22)34-2)24(30)8-5-10-28-25(31)21-12-17-6-3-4-7-19(17)16-29(21)26(28)32/h3-4,6-7,13-14,21H,5,8-12,15-16H2,1-2H3. The highest BCUT2D eigenvalue weighted by Gasteiger charge is 2.46. The maximum Gasteiger partial charge on any atom is 0.327 e. The summed E-state index contributed by atoms with van der Waals surface area (Å²) in [6, 6.07) is 11.2. The molecule has 8 heteroatoms. The van der Waals surface area contributed by atoms with E-state index in [-0.39, 0.29) is 24.4 Å². The van der Waals surface area contributed by atoms with Gasteiger partial charge in [0.25, 0.3) is 5.91 Å². The van der Waals surface area contributed by atoms with Crippen LogP contribution in [0.1, 0.15) is 35.1 Å². The van der Waals surface area contributed by atoms with Gasteiger partial charge in [0.2, 0.25) is 5.91 Å². The fourth-order valence-electron chi connectivity index (χ4n) is 5.22. The summed E-state index contributed by atoms with van der Waals surface area (Å²) in [6.07, 6.45) is 2.06. The minimum Gasteiger partial charge on any atom is -0.493 e. The molecule has 0 N–H and O–H groups in total. The lowest BCUT2D eigenvalue weighted by Gasteiger charge is -2.30. The second-order valence-electron chi connectivity index (χ2n) is 9.03. The summed E-state index contributed by atoms with van der Waals surface area (Å²) in [4.78, 5) is 43.6. The van der Waals surface area contributed by atoms with Crippen molar-refractivity contribution >= 4 is 17.8 Å². The van der Waals surface area contributed by atoms with E-state index in [1.807, 2.05) is 41.3 Å². The van der Waals surface area contributed by atoms with Crippen molar-refractivity contribution in [2.24, 2.45) is 0 Å². The van der Waals surface area contributed by atoms with Crippen molar-refractivity contribution in [3.8, 4) is 11.5 Å². The molecule has 0 aliphatic carbocycles. The smallest absolute Gasteiger partial charge is 0.327 e. The Balaban J connectivity index is 1.17. The number of carbonyl (C=O) groups is 3. The molecule has 3 aliphatic heterocycles. The zero-order valence-corrected chi connectivity index (χ0v) is 19.6. The number of rotatable bonds is 6. The van der Waals surface area contributed by atoms with Crippen LogP contribution < -0.4 is 9.47 Å². The number of benzene rings is 2. The third-order valence-corrected chi connectivity index (χ3v) is 7.12. The zero-order chi connectivity index (χ0) is 23.8. The van der Waals surface area contributed by atoms with E-state index in [4.69, 9.17) is 9.47 Å². The number of fused-ring (bicyclic) bond motifs is 3. The molecule has 5 rings (SSSR count). The average Bonchev–Trinajstić information content (AvgIpc) is 3.10. The Morgan fingerprint density at radius 2 is 1.68 bits per heavy atom. The SMILES string of the molecule is COc1cc2c(cc1OC)CN(C(=O)CCCN1C(=O)C3Cc4ccccc4CN3C1=O)CC2. The minimum absolute atomic E-state index is 0.0321. The molecule has 34 heavy (non-hydrogen) atoms. The van der Waals surface area contributed by atoms with Gasteiger partial charge >= 0.3 is 6.03 Å². The number of hydrogen-bond donors (Lipinski definition) is 0. The molecule has 178 valence electrons. The van der Waals surface area contributed by atoms with Crippen molar-refractivity contribution in [2.75, 3.05) is 27.3 Å². The van der Waals surface area contributed by atoms with Crippen LogP contribution in [0.15, 0.2) is 36.4 Å². The molecule has 1 fully saturated rings. The lowest BCUT2D eigenvalue weighted by Crippen LogP contribution is -2.39. The lowest BCUT2D eigenvalue weighted by atomic mass is 9.95. The molecular formula is C26H29N3O5. The molecule has 8 nitrogen and oxygen atoms in total. The predicted molar refractivity (Wildman–Crippen MR) is 124 cm³/mol. The Hall–Kier alpha value is -3.55. The molecule has 0 spiro atoms. The Morgan fingerprint density at radius 3 is 2.41 bits per heavy atom. The van der Waals surface area contributed by atoms with Gasteiger partial charge in [0.05, 0.1) is 14.2 Å². The summed E-state index contributed by atoms with van der Waals surface area (Å²) in [7, 11) is 3.21. The van der Waals surface area contributed by atoms with E-state index in [1.54, 1.807) is 19.1 Å². The van der Waals surface area contributed by atoms with E-state index in [1.165, 1.54) is 4.90 Å². The van der Waals surface area contributed by atoms with Gasteiger partial charge in [0.15, 0.2) is 11.5 Å². The molecule has 2 aromatic rings. The summed E-state index contributed by atoms with van der Waals surface area (Å²) < 4.78 is 10.8. The van der Waals surface area contributed by atoms with E-state index < -0.39 is 6.04 Å². The summed E-state index contributed by atoms with van der Waals surface area (Å²) >= 11 is 0. The molecule has 0 saturated carbocycles. The molecule has 3 heterocycles. The van der Waals surface area contributed by atoms with Crippen LogP contribution in [0.2, 0.25) is 0 Å². The summed E-state index contributed by atoms with van der Waals surface area (Å²) in [5.74, 6) is 1.23. The van der Waals surface area contributed by atoms with Crippen molar-refractivity contribution in [1.82, 2.24) is 14.7 Å². The molecule has 0 bridgehead atoms. The zero-order valence-electron chi connectivity index (χ0n) is 19.6. The second-order valence-corrected chi connectivity index (χ2v) is 9.03. The van der Waals surface area contributed by atoms with Crippen LogP contribution in [0.25, 0.3) is 0 Å². The maximum atomic E-state index is 12.9. The van der Waals surface area contributed by atoms with Crippen molar-refractivity contribution in [2.45, 2.75) is 44.8 Å². The number of amides is 4. The van der Waals surface area contributed by atoms with Crippen LogP contribution in [0.4, 0.5) is 4.79 Å². The first-order valence-corrected chi connectivity index (χ1v) is 11.7. The van der Waals surface area contributed by atoms with Crippen molar-refractivity contribution in [3.05, 3.63) is 58.7 Å². The van der Waals surface area contributed by atoms with Crippen molar-refractivity contribution in [3.63, 3.8) is 0 Å². The Labute approximate surface area is 199 Å². The highest BCUT2D eigenvalue weighted by Crippen LogP contribution is 2.34. The molecule has 3 aliphatic rings. The van der Waals surface area contributed by atoms with Gasteiger partial charge in [-0.05, 0) is 47.2 Å². The van der Waals surface area contributed by atoms with Crippen LogP contribution in [-0.4, -0.2) is 65.9 Å². The summed E-state index contributed by atoms with van der Waals surface area (Å²) in [6.45, 7) is 1.88. The predicted octanol–water partition coefficient (Wildman–Crippen LogP) is 2.76. The van der Waals surface area contributed by atoms with E-state index in [0.717, 1.165) is 28.7 Å². The normalized spacial score (nSPS) is 19.0. The Bertz CT molecular complexity index is 1100. The topological polar surface area (TPSA) is 79.4 Å². The maximum absolute atomic E-state index is 12.9. The number of imide groups is 1. The van der Waals surface area contributed by atoms with Gasteiger partial charge in [0, 0.05) is 39.0 Å². The fourth-order valence-corrected chi connectivity index (χ4v) is 5.22. The number of hydrogen-bond acceptors (Lipinski definition) is 5. The highest BCUT2D eigenvalue weighted by molar-refractivity contribution is 6.04. The quantitative estimate of drug-likeness (QED) is 0.616. The number of urea groups is 1. The van der Waals surface area contributed by atoms with Crippen LogP contribution >= 0.6 is 0 Å². The second kappa shape index (κ2) is 9.00. The van der Waals surface area contributed by atoms with E-state index in [2.05, 4.69) is 0 Å². The van der Waals surface area contributed by atoms with Gasteiger partial charge < -0.3 is 19.3 Å². The number of nitrogens with zero attached hydrogens (tertiary/aromatic N) is 3. The van der Waals surface area contributed by atoms with E-state index in [9.17, 15) is 14.4 Å². The first kappa shape index (κ1) is 22.3. The van der Waals surface area contributed by atoms with Crippen LogP contribution in [0.5, 0.6) is 11.5 Å². The Morgan fingerprint density at radius 1 is 0.971 bits per heavy atom. The average molecular weight is 464 g/mol. The largest absolute Gasteiger partial charge is 0.493 e. The first-order valence-electron chi connectivity index (χ1n) is 11.7. The monoisotopic (exact) mass is 463 g/mol. The number of methoxy groups -OCH3 is 2. The molecule has 0 aromatic heterocycles. The van der Waals surface area contributed by atoms with Gasteiger partial charge in [-0.2, -0.15) is 0 Å². The molecule has 1 unspecified atom stereocenters. The fraction of sp³-hybridized carbons (Fsp3) is 0.423. The molecular weight excluding hydrogens is 434 g/mol. The van der Waals surface area contributed by atoms with Crippen LogP contribution in [-0.2, 0) is 35.5 Å². The number of carbonyl (C=O) groups excluding carboxylic acids is 3. The van der Waals surface area contributed by atoms with Crippen LogP contribution in [0, 0.1) is 0 Å². The molecule has 1 saturated heterocycles. The molecule has 2 aromatic carbocycles. The molecule has 4 amide bonds. The van der Waals surface area contributed by atoms with Crippen molar-refractivity contribution in [1.29, 1.82) is 0 Å². The van der Waals surface area contributed by atoms with Crippen LogP contribution in [0.3, 0.4) is 0 Å². The molecule has 1 atom stereocenters. The van der Waals surface area contributed by atoms with Gasteiger partial charge in [0.1, 0.15) is 6.04 Å². The van der Waals surface area contributed by atoms with Gasteiger partial charge in [-0.1, -0.05) is 24.3 Å². The summed E-state index contributed by atoms with van der Waals surface area (Å²) in [5.41, 5.74) is 4.43. The third-order valence-electron chi connectivity index (χ3n) is 7.12.